The number of rotatable bonds is 5. The van der Waals surface area contributed by atoms with E-state index in [1.165, 1.54) is 20.4 Å². The molecule has 0 fully saturated rings. The number of nitrogens with zero attached hydrogens (tertiary/aromatic N) is 1. The molecule has 0 aliphatic heterocycles. The van der Waals surface area contributed by atoms with E-state index in [2.05, 4.69) is 10.3 Å². The molecule has 0 unspecified atom stereocenters. The van der Waals surface area contributed by atoms with Gasteiger partial charge in [0.15, 0.2) is 0 Å². The summed E-state index contributed by atoms with van der Waals surface area (Å²) in [5.41, 5.74) is 0.979. The van der Waals surface area contributed by atoms with Crippen LogP contribution in [0, 0.1) is 0 Å². The van der Waals surface area contributed by atoms with Crippen molar-refractivity contribution in [2.24, 2.45) is 0 Å². The van der Waals surface area contributed by atoms with E-state index in [-0.39, 0.29) is 5.91 Å². The van der Waals surface area contributed by atoms with Crippen molar-refractivity contribution >= 4 is 11.6 Å². The summed E-state index contributed by atoms with van der Waals surface area (Å²) < 4.78 is 15.3. The van der Waals surface area contributed by atoms with Crippen molar-refractivity contribution in [2.45, 2.75) is 0 Å². The number of carbonyl (C=O) groups is 1. The zero-order valence-electron chi connectivity index (χ0n) is 12.0. The zero-order valence-corrected chi connectivity index (χ0v) is 12.0. The van der Waals surface area contributed by atoms with Crippen molar-refractivity contribution in [2.75, 3.05) is 26.6 Å². The van der Waals surface area contributed by atoms with Gasteiger partial charge in [-0.25, -0.2) is 4.98 Å². The van der Waals surface area contributed by atoms with E-state index >= 15 is 0 Å². The molecule has 0 saturated carbocycles. The maximum Gasteiger partial charge on any atom is 0.257 e. The summed E-state index contributed by atoms with van der Waals surface area (Å²) in [4.78, 5) is 16.2. The molecule has 2 rings (SSSR count). The number of pyridine rings is 1. The lowest BCUT2D eigenvalue weighted by molar-refractivity contribution is 0.102. The van der Waals surface area contributed by atoms with Gasteiger partial charge in [-0.3, -0.25) is 4.79 Å². The van der Waals surface area contributed by atoms with E-state index in [0.717, 1.165) is 0 Å². The number of hydrogen-bond acceptors (Lipinski definition) is 5. The van der Waals surface area contributed by atoms with Crippen molar-refractivity contribution < 1.29 is 19.0 Å². The number of anilines is 1. The summed E-state index contributed by atoms with van der Waals surface area (Å²) in [6.45, 7) is 0. The van der Waals surface area contributed by atoms with Crippen LogP contribution < -0.4 is 19.5 Å². The Morgan fingerprint density at radius 1 is 1.05 bits per heavy atom. The van der Waals surface area contributed by atoms with Gasteiger partial charge in [0.1, 0.15) is 11.5 Å². The smallest absolute Gasteiger partial charge is 0.257 e. The summed E-state index contributed by atoms with van der Waals surface area (Å²) in [5, 5.41) is 2.77. The second-order valence-corrected chi connectivity index (χ2v) is 4.11. The van der Waals surface area contributed by atoms with E-state index in [4.69, 9.17) is 14.2 Å². The fraction of sp³-hybridized carbons (Fsp3) is 0.200. The second-order valence-electron chi connectivity index (χ2n) is 4.11. The third-order valence-electron chi connectivity index (χ3n) is 2.86. The average Bonchev–Trinajstić information content (AvgIpc) is 2.55. The van der Waals surface area contributed by atoms with Crippen LogP contribution in [0.5, 0.6) is 17.4 Å². The molecule has 1 aromatic heterocycles. The number of carbonyl (C=O) groups excluding carboxylic acids is 1. The van der Waals surface area contributed by atoms with Crippen LogP contribution in [0.1, 0.15) is 10.4 Å². The molecule has 6 heteroatoms. The van der Waals surface area contributed by atoms with Gasteiger partial charge in [-0.05, 0) is 18.2 Å². The van der Waals surface area contributed by atoms with Gasteiger partial charge >= 0.3 is 0 Å². The molecular formula is C15H16N2O4. The van der Waals surface area contributed by atoms with Gasteiger partial charge < -0.3 is 19.5 Å². The molecule has 1 N–H and O–H groups in total. The summed E-state index contributed by atoms with van der Waals surface area (Å²) in [6, 6.07) is 8.41. The van der Waals surface area contributed by atoms with Crippen LogP contribution in [0.2, 0.25) is 0 Å². The Morgan fingerprint density at radius 2 is 1.86 bits per heavy atom. The highest BCUT2D eigenvalue weighted by Gasteiger charge is 2.11. The monoisotopic (exact) mass is 288 g/mol. The predicted molar refractivity (Wildman–Crippen MR) is 78.3 cm³/mol. The van der Waals surface area contributed by atoms with Crippen LogP contribution in [-0.4, -0.2) is 32.2 Å². The molecule has 0 saturated heterocycles. The Morgan fingerprint density at radius 3 is 2.43 bits per heavy atom. The van der Waals surface area contributed by atoms with E-state index in [0.29, 0.717) is 28.6 Å². The van der Waals surface area contributed by atoms with Gasteiger partial charge in [0.2, 0.25) is 5.88 Å². The molecule has 0 aliphatic rings. The van der Waals surface area contributed by atoms with E-state index in [1.54, 1.807) is 37.4 Å². The van der Waals surface area contributed by atoms with Crippen molar-refractivity contribution in [3.05, 3.63) is 42.1 Å². The number of amides is 1. The maximum absolute atomic E-state index is 12.2. The molecule has 0 atom stereocenters. The largest absolute Gasteiger partial charge is 0.497 e. The molecule has 1 aromatic carbocycles. The first-order valence-electron chi connectivity index (χ1n) is 6.21. The Bertz CT molecular complexity index is 626. The fourth-order valence-corrected chi connectivity index (χ4v) is 1.73. The quantitative estimate of drug-likeness (QED) is 0.914. The number of hydrogen-bond donors (Lipinski definition) is 1. The Balaban J connectivity index is 2.18. The van der Waals surface area contributed by atoms with Crippen molar-refractivity contribution in [3.8, 4) is 17.4 Å². The molecule has 0 spiro atoms. The molecule has 6 nitrogen and oxygen atoms in total. The minimum Gasteiger partial charge on any atom is -0.497 e. The number of ether oxygens (including phenoxy) is 3. The van der Waals surface area contributed by atoms with Crippen molar-refractivity contribution in [1.82, 2.24) is 4.98 Å². The lowest BCUT2D eigenvalue weighted by atomic mass is 10.2. The number of aromatic nitrogens is 1. The van der Waals surface area contributed by atoms with Gasteiger partial charge in [-0.2, -0.15) is 0 Å². The Kier molecular flexibility index (Phi) is 4.61. The summed E-state index contributed by atoms with van der Waals surface area (Å²) in [5.74, 6) is 1.34. The van der Waals surface area contributed by atoms with Gasteiger partial charge in [0.25, 0.3) is 5.91 Å². The second kappa shape index (κ2) is 6.60. The van der Waals surface area contributed by atoms with Crippen LogP contribution in [-0.2, 0) is 0 Å². The van der Waals surface area contributed by atoms with Crippen LogP contribution in [0.4, 0.5) is 5.69 Å². The van der Waals surface area contributed by atoms with Crippen LogP contribution in [0.3, 0.4) is 0 Å². The van der Waals surface area contributed by atoms with Gasteiger partial charge in [0.05, 0.1) is 32.6 Å². The molecular weight excluding hydrogens is 272 g/mol. The predicted octanol–water partition coefficient (Wildman–Crippen LogP) is 2.36. The normalized spacial score (nSPS) is 9.86. The highest BCUT2D eigenvalue weighted by molar-refractivity contribution is 6.04. The number of benzene rings is 1. The number of nitrogens with one attached hydrogen (secondary N) is 1. The van der Waals surface area contributed by atoms with E-state index < -0.39 is 0 Å². The molecule has 0 aliphatic carbocycles. The number of methoxy groups -OCH3 is 3. The minimum atomic E-state index is -0.284. The lowest BCUT2D eigenvalue weighted by Crippen LogP contribution is -2.13. The molecule has 110 valence electrons. The molecule has 0 radical (unpaired) electrons. The van der Waals surface area contributed by atoms with E-state index in [9.17, 15) is 4.79 Å². The minimum absolute atomic E-state index is 0.284. The van der Waals surface area contributed by atoms with Gasteiger partial charge in [0, 0.05) is 18.3 Å². The van der Waals surface area contributed by atoms with E-state index in [1.807, 2.05) is 0 Å². The highest BCUT2D eigenvalue weighted by Crippen LogP contribution is 2.29. The summed E-state index contributed by atoms with van der Waals surface area (Å²) in [7, 11) is 4.61. The molecule has 1 heterocycles. The van der Waals surface area contributed by atoms with Crippen molar-refractivity contribution in [3.63, 3.8) is 0 Å². The highest BCUT2D eigenvalue weighted by atomic mass is 16.5. The van der Waals surface area contributed by atoms with Crippen LogP contribution in [0.15, 0.2) is 36.5 Å². The zero-order chi connectivity index (χ0) is 15.2. The first-order chi connectivity index (χ1) is 10.2. The Hall–Kier alpha value is -2.76. The molecule has 2 aromatic rings. The summed E-state index contributed by atoms with van der Waals surface area (Å²) >= 11 is 0. The Labute approximate surface area is 122 Å². The first-order valence-corrected chi connectivity index (χ1v) is 6.21. The van der Waals surface area contributed by atoms with Crippen LogP contribution in [0.25, 0.3) is 0 Å². The third-order valence-corrected chi connectivity index (χ3v) is 2.86. The van der Waals surface area contributed by atoms with Gasteiger partial charge in [-0.1, -0.05) is 0 Å². The third kappa shape index (κ3) is 3.42. The first kappa shape index (κ1) is 14.6. The topological polar surface area (TPSA) is 69.7 Å². The lowest BCUT2D eigenvalue weighted by Gasteiger charge is -2.11. The molecule has 1 amide bonds. The molecule has 21 heavy (non-hydrogen) atoms. The van der Waals surface area contributed by atoms with Crippen molar-refractivity contribution in [1.29, 1.82) is 0 Å². The molecule has 0 bridgehead atoms. The maximum atomic E-state index is 12.2. The SMILES string of the molecule is COc1ccc(NC(=O)c2ccc(OC)nc2)c(OC)c1. The standard InChI is InChI=1S/C15H16N2O4/c1-19-11-5-6-12(13(8-11)20-2)17-15(18)10-4-7-14(21-3)16-9-10/h4-9H,1-3H3,(H,17,18). The van der Waals surface area contributed by atoms with Gasteiger partial charge in [-0.15, -0.1) is 0 Å². The fourth-order valence-electron chi connectivity index (χ4n) is 1.73. The average molecular weight is 288 g/mol. The summed E-state index contributed by atoms with van der Waals surface area (Å²) in [6.07, 6.45) is 1.45. The van der Waals surface area contributed by atoms with Crippen LogP contribution >= 0.6 is 0 Å².